The maximum atomic E-state index is 7.94. The molecule has 0 aromatic rings. The summed E-state index contributed by atoms with van der Waals surface area (Å²) in [6.45, 7) is 0. The summed E-state index contributed by atoms with van der Waals surface area (Å²) >= 11 is 0. The maximum absolute atomic E-state index is 7.94. The molecule has 0 atom stereocenters. The van der Waals surface area contributed by atoms with Crippen LogP contribution in [0, 0.1) is 0 Å². The second-order valence-corrected chi connectivity index (χ2v) is 0. The molecule has 0 aliphatic heterocycles. The summed E-state index contributed by atoms with van der Waals surface area (Å²) in [4.78, 5) is 0. The largest absolute Gasteiger partial charge is 0.261 e. The van der Waals surface area contributed by atoms with Gasteiger partial charge in [-0.25, -0.2) is 0 Å². The van der Waals surface area contributed by atoms with Crippen molar-refractivity contribution in [2.45, 2.75) is 0 Å². The number of rotatable bonds is 0. The van der Waals surface area contributed by atoms with Crippen molar-refractivity contribution < 1.29 is 4.57 Å². The van der Waals surface area contributed by atoms with E-state index < -0.39 is 0 Å². The molecular formula is AlLiOP. The van der Waals surface area contributed by atoms with Crippen LogP contribution in [0.25, 0.3) is 0 Å². The summed E-state index contributed by atoms with van der Waals surface area (Å²) in [7, 11) is 2.28. The van der Waals surface area contributed by atoms with Crippen molar-refractivity contribution in [1.29, 1.82) is 0 Å². The Balaban J connectivity index is -0.00000000500. The standard InChI is InChI=1S/Al.Li.OP/c;;1-2. The first-order valence-electron chi connectivity index (χ1n) is 0.183. The summed E-state index contributed by atoms with van der Waals surface area (Å²) in [6, 6.07) is 0. The Morgan fingerprint density at radius 1 is 1.25 bits per heavy atom. The van der Waals surface area contributed by atoms with Crippen LogP contribution in [0.4, 0.5) is 0 Å². The van der Waals surface area contributed by atoms with E-state index in [-0.39, 0.29) is 36.2 Å². The first kappa shape index (κ1) is 18.8. The number of hydrogen-bond acceptors (Lipinski definition) is 1. The molecule has 0 spiro atoms. The van der Waals surface area contributed by atoms with Crippen molar-refractivity contribution in [2.75, 3.05) is 0 Å². The SMILES string of the molecule is O=[P].[Al].[Li]. The zero-order valence-corrected chi connectivity index (χ0v) is 4.48. The van der Waals surface area contributed by atoms with Gasteiger partial charge in [-0.05, 0) is 0 Å². The van der Waals surface area contributed by atoms with Crippen LogP contribution in [0.2, 0.25) is 0 Å². The third-order valence-corrected chi connectivity index (χ3v) is 0. The van der Waals surface area contributed by atoms with Crippen molar-refractivity contribution in [3.8, 4) is 0 Å². The van der Waals surface area contributed by atoms with E-state index in [4.69, 9.17) is 4.57 Å². The normalized spacial score (nSPS) is 1.00. The van der Waals surface area contributed by atoms with Gasteiger partial charge in [0.2, 0.25) is 0 Å². The van der Waals surface area contributed by atoms with E-state index in [1.807, 2.05) is 0 Å². The Morgan fingerprint density at radius 2 is 1.25 bits per heavy atom. The van der Waals surface area contributed by atoms with Gasteiger partial charge in [0, 0.05) is 36.2 Å². The molecule has 4 heavy (non-hydrogen) atoms. The van der Waals surface area contributed by atoms with E-state index in [1.165, 1.54) is 0 Å². The molecule has 0 saturated carbocycles. The van der Waals surface area contributed by atoms with Crippen molar-refractivity contribution in [1.82, 2.24) is 0 Å². The van der Waals surface area contributed by atoms with Crippen LogP contribution in [0.15, 0.2) is 0 Å². The fraction of sp³-hybridized carbons (Fsp3) is 0. The van der Waals surface area contributed by atoms with Gasteiger partial charge in [-0.2, -0.15) is 0 Å². The van der Waals surface area contributed by atoms with Gasteiger partial charge in [-0.15, -0.1) is 0 Å². The zero-order chi connectivity index (χ0) is 2.00. The molecule has 5 radical (unpaired) electrons. The van der Waals surface area contributed by atoms with E-state index in [2.05, 4.69) is 9.12 Å². The molecule has 0 fully saturated rings. The fourth-order valence-corrected chi connectivity index (χ4v) is 0. The van der Waals surface area contributed by atoms with Gasteiger partial charge in [0.25, 0.3) is 9.12 Å². The second kappa shape index (κ2) is 29.2. The Labute approximate surface area is 50.1 Å². The molecule has 1 nitrogen and oxygen atoms in total. The monoisotopic (exact) mass is 81.0 g/mol. The third-order valence-electron chi connectivity index (χ3n) is 0. The number of hydrogen-bond donors (Lipinski definition) is 0. The summed E-state index contributed by atoms with van der Waals surface area (Å²) in [5, 5.41) is 0. The van der Waals surface area contributed by atoms with E-state index in [9.17, 15) is 0 Å². The van der Waals surface area contributed by atoms with Gasteiger partial charge in [-0.1, -0.05) is 0 Å². The van der Waals surface area contributed by atoms with Crippen LogP contribution < -0.4 is 0 Å². The van der Waals surface area contributed by atoms with Gasteiger partial charge in [0.15, 0.2) is 0 Å². The molecule has 0 rings (SSSR count). The molecule has 0 aromatic heterocycles. The first-order chi connectivity index (χ1) is 1.00. The maximum Gasteiger partial charge on any atom is 0.261 e. The topological polar surface area (TPSA) is 17.1 Å². The summed E-state index contributed by atoms with van der Waals surface area (Å²) in [6.07, 6.45) is 0. The molecule has 0 saturated heterocycles. The smallest absolute Gasteiger partial charge is 0.261 e. The van der Waals surface area contributed by atoms with Crippen LogP contribution in [0.5, 0.6) is 0 Å². The molecule has 0 heterocycles. The molecular weight excluding hydrogens is 80.9 g/mol. The minimum atomic E-state index is 0. The minimum Gasteiger partial charge on any atom is -0.261 e. The van der Waals surface area contributed by atoms with Crippen LogP contribution in [0.3, 0.4) is 0 Å². The molecule has 0 N–H and O–H groups in total. The Morgan fingerprint density at radius 3 is 1.25 bits per heavy atom. The van der Waals surface area contributed by atoms with Crippen LogP contribution in [-0.2, 0) is 4.57 Å². The van der Waals surface area contributed by atoms with Crippen molar-refractivity contribution >= 4 is 45.3 Å². The van der Waals surface area contributed by atoms with E-state index in [0.717, 1.165) is 0 Å². The van der Waals surface area contributed by atoms with Crippen molar-refractivity contribution in [3.05, 3.63) is 0 Å². The van der Waals surface area contributed by atoms with E-state index >= 15 is 0 Å². The van der Waals surface area contributed by atoms with Crippen LogP contribution in [0.1, 0.15) is 0 Å². The molecule has 0 aliphatic carbocycles. The molecule has 4 heteroatoms. The van der Waals surface area contributed by atoms with Gasteiger partial charge < -0.3 is 0 Å². The van der Waals surface area contributed by atoms with E-state index in [0.29, 0.717) is 0 Å². The Bertz CT molecular complexity index is 8.00. The van der Waals surface area contributed by atoms with E-state index in [1.54, 1.807) is 0 Å². The summed E-state index contributed by atoms with van der Waals surface area (Å²) in [5.74, 6) is 0. The predicted molar refractivity (Wildman–Crippen MR) is 19.1 cm³/mol. The fourth-order valence-electron chi connectivity index (χ4n) is 0. The molecule has 15 valence electrons. The first-order valence-corrected chi connectivity index (χ1v) is 0.548. The summed E-state index contributed by atoms with van der Waals surface area (Å²) < 4.78 is 7.94. The molecule has 0 amide bonds. The average Bonchev–Trinajstić information content (AvgIpc) is 1.00. The minimum absolute atomic E-state index is 0. The van der Waals surface area contributed by atoms with Crippen LogP contribution >= 0.6 is 9.12 Å². The van der Waals surface area contributed by atoms with Crippen LogP contribution in [-0.4, -0.2) is 36.2 Å². The average molecular weight is 80.9 g/mol. The molecule has 0 bridgehead atoms. The van der Waals surface area contributed by atoms with Crippen molar-refractivity contribution in [3.63, 3.8) is 0 Å². The van der Waals surface area contributed by atoms with Gasteiger partial charge in [0.05, 0.1) is 0 Å². The van der Waals surface area contributed by atoms with Crippen molar-refractivity contribution in [2.24, 2.45) is 0 Å². The summed E-state index contributed by atoms with van der Waals surface area (Å²) in [5.41, 5.74) is 0. The zero-order valence-electron chi connectivity index (χ0n) is 2.43. The molecule has 0 unspecified atom stereocenters. The quantitative estimate of drug-likeness (QED) is 0.296. The predicted octanol–water partition coefficient (Wildman–Crippen LogP) is -0.0192. The third kappa shape index (κ3) is 10.6. The molecule has 0 aliphatic rings. The van der Waals surface area contributed by atoms with Gasteiger partial charge >= 0.3 is 0 Å². The Kier molecular flexibility index (Phi) is 137. The second-order valence-electron chi connectivity index (χ2n) is 0. The van der Waals surface area contributed by atoms with Gasteiger partial charge in [-0.3, -0.25) is 4.57 Å². The Hall–Kier alpha value is 1.23. The molecule has 0 aromatic carbocycles. The van der Waals surface area contributed by atoms with Gasteiger partial charge in [0.1, 0.15) is 0 Å².